The number of anilines is 1. The number of rotatable bonds is 8. The Morgan fingerprint density at radius 1 is 1.16 bits per heavy atom. The first-order valence-corrected chi connectivity index (χ1v) is 13.9. The smallest absolute Gasteiger partial charge is 0.334 e. The van der Waals surface area contributed by atoms with E-state index in [-0.39, 0.29) is 52.7 Å². The molecular formula is C22H22F3N5O5S2. The summed E-state index contributed by atoms with van der Waals surface area (Å²) in [5.41, 5.74) is 0.523. The number of H-pyrrole nitrogens is 1. The van der Waals surface area contributed by atoms with Crippen LogP contribution in [0.5, 0.6) is 0 Å². The third-order valence-corrected chi connectivity index (χ3v) is 8.69. The van der Waals surface area contributed by atoms with Crippen molar-refractivity contribution in [3.63, 3.8) is 0 Å². The summed E-state index contributed by atoms with van der Waals surface area (Å²) in [5, 5.41) is 3.34. The third kappa shape index (κ3) is 6.01. The Morgan fingerprint density at radius 3 is 2.51 bits per heavy atom. The Kier molecular flexibility index (Phi) is 7.16. The minimum absolute atomic E-state index is 0.0211. The van der Waals surface area contributed by atoms with E-state index in [1.165, 1.54) is 46.8 Å². The fourth-order valence-corrected chi connectivity index (χ4v) is 5.94. The van der Waals surface area contributed by atoms with Crippen LogP contribution in [0.2, 0.25) is 0 Å². The van der Waals surface area contributed by atoms with Gasteiger partial charge >= 0.3 is 6.18 Å². The number of hydrogen-bond donors (Lipinski definition) is 3. The number of hydrogen-bond acceptors (Lipinski definition) is 6. The Balaban J connectivity index is 1.41. The number of alkyl halides is 3. The highest BCUT2D eigenvalue weighted by atomic mass is 32.2. The Hall–Kier alpha value is -3.27. The molecule has 3 aromatic rings. The highest BCUT2D eigenvalue weighted by Crippen LogP contribution is 2.29. The van der Waals surface area contributed by atoms with E-state index in [1.807, 2.05) is 0 Å². The van der Waals surface area contributed by atoms with E-state index >= 15 is 0 Å². The Bertz CT molecular complexity index is 1550. The highest BCUT2D eigenvalue weighted by molar-refractivity contribution is 7.92. The number of aromatic amines is 1. The average Bonchev–Trinajstić information content (AvgIpc) is 3.50. The predicted molar refractivity (Wildman–Crippen MR) is 129 cm³/mol. The van der Waals surface area contributed by atoms with Gasteiger partial charge in [-0.05, 0) is 54.8 Å². The van der Waals surface area contributed by atoms with Crippen molar-refractivity contribution in [1.29, 1.82) is 0 Å². The van der Waals surface area contributed by atoms with Gasteiger partial charge in [0.05, 0.1) is 15.9 Å². The summed E-state index contributed by atoms with van der Waals surface area (Å²) in [5.74, 6) is -1.94. The zero-order chi connectivity index (χ0) is 27.0. The molecule has 3 N–H and O–H groups in total. The number of carbonyl (C=O) groups is 1. The second kappa shape index (κ2) is 9.89. The number of aromatic nitrogens is 2. The van der Waals surface area contributed by atoms with Gasteiger partial charge in [0.15, 0.2) is 0 Å². The van der Waals surface area contributed by atoms with Crippen molar-refractivity contribution in [2.24, 2.45) is 5.92 Å². The molecule has 0 bridgehead atoms. The van der Waals surface area contributed by atoms with Gasteiger partial charge in [-0.1, -0.05) is 6.58 Å². The fraction of sp³-hybridized carbons (Fsp3) is 0.273. The van der Waals surface area contributed by atoms with Crippen LogP contribution in [0, 0.1) is 5.92 Å². The van der Waals surface area contributed by atoms with Gasteiger partial charge in [-0.3, -0.25) is 4.79 Å². The van der Waals surface area contributed by atoms with Crippen LogP contribution in [-0.2, 0) is 26.2 Å². The molecular weight excluding hydrogens is 535 g/mol. The first-order valence-electron chi connectivity index (χ1n) is 10.9. The molecule has 1 aliphatic heterocycles. The number of fused-ring (bicyclic) bond motifs is 1. The maximum absolute atomic E-state index is 13.0. The molecule has 0 unspecified atom stereocenters. The number of imidazole rings is 1. The van der Waals surface area contributed by atoms with Gasteiger partial charge in [0.25, 0.3) is 5.91 Å². The molecule has 0 spiro atoms. The van der Waals surface area contributed by atoms with Crippen LogP contribution in [0.1, 0.15) is 22.6 Å². The van der Waals surface area contributed by atoms with Crippen molar-refractivity contribution < 1.29 is 34.8 Å². The molecule has 1 amide bonds. The van der Waals surface area contributed by atoms with Gasteiger partial charge in [-0.25, -0.2) is 26.5 Å². The Labute approximate surface area is 210 Å². The Morgan fingerprint density at radius 2 is 1.86 bits per heavy atom. The molecule has 1 aliphatic rings. The topological polar surface area (TPSA) is 141 Å². The lowest BCUT2D eigenvalue weighted by atomic mass is 10.1. The molecule has 10 nitrogen and oxygen atoms in total. The number of benzene rings is 2. The van der Waals surface area contributed by atoms with E-state index in [4.69, 9.17) is 0 Å². The van der Waals surface area contributed by atoms with Gasteiger partial charge in [0.2, 0.25) is 25.9 Å². The minimum Gasteiger partial charge on any atom is -0.334 e. The van der Waals surface area contributed by atoms with Crippen LogP contribution < -0.4 is 10.0 Å². The molecule has 37 heavy (non-hydrogen) atoms. The summed E-state index contributed by atoms with van der Waals surface area (Å²) < 4.78 is 91.1. The maximum Gasteiger partial charge on any atom is 0.449 e. The van der Waals surface area contributed by atoms with Crippen LogP contribution in [0.4, 0.5) is 18.9 Å². The molecule has 4 rings (SSSR count). The van der Waals surface area contributed by atoms with E-state index in [9.17, 15) is 34.8 Å². The molecule has 15 heteroatoms. The monoisotopic (exact) mass is 557 g/mol. The maximum atomic E-state index is 13.0. The normalized spacial score (nSPS) is 17.2. The molecule has 0 radical (unpaired) electrons. The molecule has 2 heterocycles. The first kappa shape index (κ1) is 26.8. The van der Waals surface area contributed by atoms with Crippen molar-refractivity contribution in [3.8, 4) is 0 Å². The van der Waals surface area contributed by atoms with Crippen LogP contribution in [0.3, 0.4) is 0 Å². The molecule has 1 aromatic heterocycles. The van der Waals surface area contributed by atoms with Crippen LogP contribution >= 0.6 is 0 Å². The average molecular weight is 558 g/mol. The molecule has 2 aromatic carbocycles. The number of carbonyl (C=O) groups excluding carboxylic acids is 1. The van der Waals surface area contributed by atoms with Crippen molar-refractivity contribution >= 4 is 42.7 Å². The van der Waals surface area contributed by atoms with Gasteiger partial charge < -0.3 is 10.3 Å². The number of amides is 1. The number of sulfonamides is 2. The molecule has 0 saturated carbocycles. The standard InChI is InChI=1S/C22H22F3N5O5S2/c1-2-36(32,33)26-12-14-9-10-30(13-14)37(34,35)17-6-3-15(4-7-17)20(31)27-16-5-8-18-19(11-16)29-21(28-18)22(23,24)25/h2-8,11,14,26H,1,9-10,12-13H2,(H,27,31)(H,28,29)/t14-/m1/s1. The SMILES string of the molecule is C=CS(=O)(=O)NC[C@H]1CCN(S(=O)(=O)c2ccc(C(=O)Nc3ccc4[nH]c(C(F)(F)F)nc4c3)cc2)C1. The third-order valence-electron chi connectivity index (χ3n) is 5.80. The summed E-state index contributed by atoms with van der Waals surface area (Å²) in [6.07, 6.45) is -4.16. The largest absolute Gasteiger partial charge is 0.449 e. The van der Waals surface area contributed by atoms with E-state index < -0.39 is 38.0 Å². The van der Waals surface area contributed by atoms with Crippen LogP contribution in [0.25, 0.3) is 11.0 Å². The van der Waals surface area contributed by atoms with Crippen molar-refractivity contribution in [2.75, 3.05) is 25.0 Å². The zero-order valence-electron chi connectivity index (χ0n) is 19.1. The lowest BCUT2D eigenvalue weighted by molar-refractivity contribution is -0.144. The quantitative estimate of drug-likeness (QED) is 0.389. The van der Waals surface area contributed by atoms with Crippen LogP contribution in [-0.4, -0.2) is 56.7 Å². The van der Waals surface area contributed by atoms with E-state index in [0.29, 0.717) is 6.42 Å². The zero-order valence-corrected chi connectivity index (χ0v) is 20.8. The molecule has 198 valence electrons. The van der Waals surface area contributed by atoms with Crippen molar-refractivity contribution in [2.45, 2.75) is 17.5 Å². The fourth-order valence-electron chi connectivity index (χ4n) is 3.82. The van der Waals surface area contributed by atoms with Gasteiger partial charge in [-0.2, -0.15) is 17.5 Å². The number of nitrogens with zero attached hydrogens (tertiary/aromatic N) is 2. The number of halogens is 3. The summed E-state index contributed by atoms with van der Waals surface area (Å²) in [6.45, 7) is 3.65. The minimum atomic E-state index is -4.64. The summed E-state index contributed by atoms with van der Waals surface area (Å²) in [6, 6.07) is 9.27. The summed E-state index contributed by atoms with van der Waals surface area (Å²) >= 11 is 0. The molecule has 1 saturated heterocycles. The van der Waals surface area contributed by atoms with Gasteiger partial charge in [0.1, 0.15) is 0 Å². The highest BCUT2D eigenvalue weighted by Gasteiger charge is 2.35. The van der Waals surface area contributed by atoms with E-state index in [1.54, 1.807) is 0 Å². The van der Waals surface area contributed by atoms with Crippen molar-refractivity contribution in [1.82, 2.24) is 19.0 Å². The first-order chi connectivity index (χ1) is 17.3. The van der Waals surface area contributed by atoms with E-state index in [2.05, 4.69) is 26.6 Å². The molecule has 1 fully saturated rings. The number of nitrogens with one attached hydrogen (secondary N) is 3. The second-order valence-corrected chi connectivity index (χ2v) is 12.0. The predicted octanol–water partition coefficient (Wildman–Crippen LogP) is 2.91. The molecule has 1 atom stereocenters. The molecule has 0 aliphatic carbocycles. The van der Waals surface area contributed by atoms with Crippen molar-refractivity contribution in [3.05, 3.63) is 65.8 Å². The second-order valence-electron chi connectivity index (χ2n) is 8.37. The van der Waals surface area contributed by atoms with Crippen LogP contribution in [0.15, 0.2) is 59.3 Å². The lowest BCUT2D eigenvalue weighted by Crippen LogP contribution is -2.32. The van der Waals surface area contributed by atoms with Gasteiger partial charge in [0, 0.05) is 36.3 Å². The summed E-state index contributed by atoms with van der Waals surface area (Å²) in [7, 11) is -7.47. The summed E-state index contributed by atoms with van der Waals surface area (Å²) in [4.78, 5) is 18.2. The van der Waals surface area contributed by atoms with Gasteiger partial charge in [-0.15, -0.1) is 0 Å². The van der Waals surface area contributed by atoms with E-state index in [0.717, 1.165) is 5.41 Å². The lowest BCUT2D eigenvalue weighted by Gasteiger charge is -2.17.